The molecule has 0 bridgehead atoms. The maximum atomic E-state index is 13.8. The molecule has 2 aromatic rings. The molecule has 3 nitrogen and oxygen atoms in total. The molecule has 0 fully saturated rings. The highest BCUT2D eigenvalue weighted by Crippen LogP contribution is 2.27. The molecular weight excluding hydrogens is 274 g/mol. The molecule has 1 aromatic heterocycles. The van der Waals surface area contributed by atoms with E-state index >= 15 is 0 Å². The number of hydrogen-bond acceptors (Lipinski definition) is 3. The van der Waals surface area contributed by atoms with Gasteiger partial charge in [0.15, 0.2) is 0 Å². The highest BCUT2D eigenvalue weighted by molar-refractivity contribution is 5.31. The highest BCUT2D eigenvalue weighted by Gasteiger charge is 2.20. The van der Waals surface area contributed by atoms with Gasteiger partial charge in [0.1, 0.15) is 11.6 Å². The molecule has 1 atom stereocenters. The van der Waals surface area contributed by atoms with Gasteiger partial charge >= 0.3 is 0 Å². The summed E-state index contributed by atoms with van der Waals surface area (Å²) in [4.78, 5) is 4.14. The standard InChI is InChI=1S/C16H18F2N2O/c1-3-19-15(11-6-5-9-20-16(11)21-2)10-12-13(17)7-4-8-14(12)18/h4-9,15,19H,3,10H2,1-2H3. The third-order valence-corrected chi connectivity index (χ3v) is 3.29. The van der Waals surface area contributed by atoms with Crippen LogP contribution in [0.25, 0.3) is 0 Å². The van der Waals surface area contributed by atoms with E-state index in [0.717, 1.165) is 5.56 Å². The molecule has 0 saturated carbocycles. The van der Waals surface area contributed by atoms with Crippen molar-refractivity contribution in [1.29, 1.82) is 0 Å². The van der Waals surface area contributed by atoms with Crippen LogP contribution in [0.5, 0.6) is 5.88 Å². The van der Waals surface area contributed by atoms with E-state index in [1.165, 1.54) is 25.3 Å². The summed E-state index contributed by atoms with van der Waals surface area (Å²) in [5.41, 5.74) is 0.846. The van der Waals surface area contributed by atoms with Crippen molar-refractivity contribution in [3.05, 3.63) is 59.3 Å². The second kappa shape index (κ2) is 7.13. The lowest BCUT2D eigenvalue weighted by Crippen LogP contribution is -2.24. The summed E-state index contributed by atoms with van der Waals surface area (Å²) in [6.45, 7) is 2.60. The maximum Gasteiger partial charge on any atom is 0.217 e. The number of halogens is 2. The molecule has 0 spiro atoms. The van der Waals surface area contributed by atoms with Crippen molar-refractivity contribution in [3.8, 4) is 5.88 Å². The van der Waals surface area contributed by atoms with Crippen LogP contribution in [0.2, 0.25) is 0 Å². The van der Waals surface area contributed by atoms with Gasteiger partial charge in [0.05, 0.1) is 7.11 Å². The quantitative estimate of drug-likeness (QED) is 0.887. The normalized spacial score (nSPS) is 12.2. The van der Waals surface area contributed by atoms with E-state index in [1.54, 1.807) is 12.3 Å². The number of pyridine rings is 1. The monoisotopic (exact) mass is 292 g/mol. The topological polar surface area (TPSA) is 34.2 Å². The first-order valence-electron chi connectivity index (χ1n) is 6.82. The fourth-order valence-electron chi connectivity index (χ4n) is 2.31. The number of methoxy groups -OCH3 is 1. The van der Waals surface area contributed by atoms with Gasteiger partial charge in [-0.25, -0.2) is 13.8 Å². The van der Waals surface area contributed by atoms with Crippen LogP contribution in [-0.4, -0.2) is 18.6 Å². The average Bonchev–Trinajstić information content (AvgIpc) is 2.50. The number of hydrogen-bond donors (Lipinski definition) is 1. The first kappa shape index (κ1) is 15.4. The Morgan fingerprint density at radius 1 is 1.19 bits per heavy atom. The predicted molar refractivity (Wildman–Crippen MR) is 77.3 cm³/mol. The summed E-state index contributed by atoms with van der Waals surface area (Å²) < 4.78 is 32.9. The lowest BCUT2D eigenvalue weighted by atomic mass is 9.98. The molecule has 0 saturated heterocycles. The van der Waals surface area contributed by atoms with E-state index in [4.69, 9.17) is 4.74 Å². The second-order valence-electron chi connectivity index (χ2n) is 4.62. The first-order chi connectivity index (χ1) is 10.2. The molecule has 5 heteroatoms. The number of nitrogens with one attached hydrogen (secondary N) is 1. The van der Waals surface area contributed by atoms with Crippen molar-refractivity contribution in [2.75, 3.05) is 13.7 Å². The molecular formula is C16H18F2N2O. The summed E-state index contributed by atoms with van der Waals surface area (Å²) in [6, 6.07) is 7.24. The summed E-state index contributed by atoms with van der Waals surface area (Å²) in [5.74, 6) is -0.623. The van der Waals surface area contributed by atoms with E-state index in [-0.39, 0.29) is 18.0 Å². The molecule has 1 aromatic carbocycles. The molecule has 112 valence electrons. The van der Waals surface area contributed by atoms with Crippen molar-refractivity contribution in [1.82, 2.24) is 10.3 Å². The molecule has 0 aliphatic heterocycles. The van der Waals surface area contributed by atoms with Crippen LogP contribution < -0.4 is 10.1 Å². The molecule has 0 aliphatic carbocycles. The van der Waals surface area contributed by atoms with Crippen LogP contribution in [0.1, 0.15) is 24.1 Å². The van der Waals surface area contributed by atoms with E-state index in [0.29, 0.717) is 12.4 Å². The Morgan fingerprint density at radius 2 is 1.90 bits per heavy atom. The SMILES string of the molecule is CCNC(Cc1c(F)cccc1F)c1cccnc1OC. The first-order valence-corrected chi connectivity index (χ1v) is 6.82. The van der Waals surface area contributed by atoms with Crippen molar-refractivity contribution in [3.63, 3.8) is 0 Å². The van der Waals surface area contributed by atoms with Gasteiger partial charge in [0.25, 0.3) is 0 Å². The lowest BCUT2D eigenvalue weighted by molar-refractivity contribution is 0.381. The summed E-state index contributed by atoms with van der Waals surface area (Å²) in [7, 11) is 1.53. The zero-order chi connectivity index (χ0) is 15.2. The Hall–Kier alpha value is -2.01. The number of rotatable bonds is 6. The molecule has 2 rings (SSSR count). The number of benzene rings is 1. The van der Waals surface area contributed by atoms with Gasteiger partial charge in [-0.3, -0.25) is 0 Å². The largest absolute Gasteiger partial charge is 0.481 e. The molecule has 0 radical (unpaired) electrons. The zero-order valence-electron chi connectivity index (χ0n) is 12.1. The minimum absolute atomic E-state index is 0.0642. The van der Waals surface area contributed by atoms with Crippen molar-refractivity contribution in [2.24, 2.45) is 0 Å². The van der Waals surface area contributed by atoms with E-state index < -0.39 is 11.6 Å². The third kappa shape index (κ3) is 3.55. The van der Waals surface area contributed by atoms with Gasteiger partial charge < -0.3 is 10.1 Å². The Bertz CT molecular complexity index is 584. The van der Waals surface area contributed by atoms with Gasteiger partial charge in [0, 0.05) is 23.4 Å². The number of nitrogens with zero attached hydrogens (tertiary/aromatic N) is 1. The molecule has 1 N–H and O–H groups in total. The zero-order valence-corrected chi connectivity index (χ0v) is 12.1. The van der Waals surface area contributed by atoms with Gasteiger partial charge in [0.2, 0.25) is 5.88 Å². The molecule has 21 heavy (non-hydrogen) atoms. The smallest absolute Gasteiger partial charge is 0.217 e. The van der Waals surface area contributed by atoms with Crippen LogP contribution in [0, 0.1) is 11.6 Å². The highest BCUT2D eigenvalue weighted by atomic mass is 19.1. The summed E-state index contributed by atoms with van der Waals surface area (Å²) in [5, 5.41) is 3.22. The van der Waals surface area contributed by atoms with Crippen molar-refractivity contribution < 1.29 is 13.5 Å². The Kier molecular flexibility index (Phi) is 5.22. The van der Waals surface area contributed by atoms with Gasteiger partial charge in [-0.05, 0) is 31.2 Å². The number of likely N-dealkylation sites (N-methyl/N-ethyl adjacent to an activating group) is 1. The fourth-order valence-corrected chi connectivity index (χ4v) is 2.31. The van der Waals surface area contributed by atoms with Gasteiger partial charge in [-0.15, -0.1) is 0 Å². The Morgan fingerprint density at radius 3 is 2.52 bits per heavy atom. The van der Waals surface area contributed by atoms with Crippen LogP contribution in [0.15, 0.2) is 36.5 Å². The molecule has 0 aliphatic rings. The van der Waals surface area contributed by atoms with E-state index in [1.807, 2.05) is 13.0 Å². The number of aromatic nitrogens is 1. The Labute approximate surface area is 123 Å². The molecule has 1 heterocycles. The van der Waals surface area contributed by atoms with Crippen LogP contribution in [0.3, 0.4) is 0 Å². The Balaban J connectivity index is 2.35. The van der Waals surface area contributed by atoms with Crippen LogP contribution in [0.4, 0.5) is 8.78 Å². The average molecular weight is 292 g/mol. The number of ether oxygens (including phenoxy) is 1. The van der Waals surface area contributed by atoms with Crippen molar-refractivity contribution in [2.45, 2.75) is 19.4 Å². The van der Waals surface area contributed by atoms with E-state index in [9.17, 15) is 8.78 Å². The van der Waals surface area contributed by atoms with Crippen LogP contribution in [-0.2, 0) is 6.42 Å². The molecule has 0 amide bonds. The summed E-state index contributed by atoms with van der Waals surface area (Å²) >= 11 is 0. The van der Waals surface area contributed by atoms with Crippen molar-refractivity contribution >= 4 is 0 Å². The van der Waals surface area contributed by atoms with Gasteiger partial charge in [-0.1, -0.05) is 19.1 Å². The third-order valence-electron chi connectivity index (χ3n) is 3.29. The molecule has 1 unspecified atom stereocenters. The predicted octanol–water partition coefficient (Wildman–Crippen LogP) is 3.26. The fraction of sp³-hybridized carbons (Fsp3) is 0.312. The summed E-state index contributed by atoms with van der Waals surface area (Å²) in [6.07, 6.45) is 1.81. The lowest BCUT2D eigenvalue weighted by Gasteiger charge is -2.20. The second-order valence-corrected chi connectivity index (χ2v) is 4.62. The van der Waals surface area contributed by atoms with Crippen LogP contribution >= 0.6 is 0 Å². The van der Waals surface area contributed by atoms with Gasteiger partial charge in [-0.2, -0.15) is 0 Å². The minimum Gasteiger partial charge on any atom is -0.481 e. The maximum absolute atomic E-state index is 13.8. The minimum atomic E-state index is -0.541. The van der Waals surface area contributed by atoms with E-state index in [2.05, 4.69) is 10.3 Å².